The van der Waals surface area contributed by atoms with Crippen molar-refractivity contribution in [3.8, 4) is 0 Å². The van der Waals surface area contributed by atoms with E-state index in [9.17, 15) is 9.59 Å². The summed E-state index contributed by atoms with van der Waals surface area (Å²) >= 11 is 5.29. The van der Waals surface area contributed by atoms with Gasteiger partial charge in [-0.1, -0.05) is 18.5 Å². The molecule has 0 aliphatic carbocycles. The second kappa shape index (κ2) is 8.23. The lowest BCUT2D eigenvalue weighted by molar-refractivity contribution is -0.133. The number of carbonyl (C=O) groups excluding carboxylic acids is 2. The molecule has 15 heavy (non-hydrogen) atoms. The molecule has 0 aromatic rings. The van der Waals surface area contributed by atoms with Gasteiger partial charge in [0, 0.05) is 0 Å². The number of nitrogens with zero attached hydrogens (tertiary/aromatic N) is 1. The first-order chi connectivity index (χ1) is 7.17. The maximum Gasteiger partial charge on any atom is 0.363 e. The van der Waals surface area contributed by atoms with Crippen LogP contribution in [0.3, 0.4) is 0 Å². The number of halogens is 1. The summed E-state index contributed by atoms with van der Waals surface area (Å²) in [5, 5.41) is 3.41. The number of hydrogen-bond donors (Lipinski definition) is 0. The third kappa shape index (κ3) is 5.37. The van der Waals surface area contributed by atoms with Crippen molar-refractivity contribution in [2.24, 2.45) is 5.16 Å². The highest BCUT2D eigenvalue weighted by molar-refractivity contribution is 6.67. The fourth-order valence-corrected chi connectivity index (χ4v) is 0.808. The summed E-state index contributed by atoms with van der Waals surface area (Å²) in [6.07, 6.45) is 1.74. The zero-order valence-corrected chi connectivity index (χ0v) is 9.54. The van der Waals surface area contributed by atoms with Gasteiger partial charge in [-0.25, -0.2) is 4.79 Å². The van der Waals surface area contributed by atoms with E-state index in [0.29, 0.717) is 6.61 Å². The van der Waals surface area contributed by atoms with Gasteiger partial charge in [-0.05, 0) is 6.42 Å². The molecule has 0 atom stereocenters. The molecule has 6 heteroatoms. The van der Waals surface area contributed by atoms with Crippen LogP contribution in [0.15, 0.2) is 5.16 Å². The number of Topliss-reactive ketones (excluding diaryl/α,β-unsaturated/α-hetero) is 1. The van der Waals surface area contributed by atoms with E-state index in [2.05, 4.69) is 9.89 Å². The fourth-order valence-electron chi connectivity index (χ4n) is 0.681. The third-order valence-corrected chi connectivity index (χ3v) is 1.75. The Labute approximate surface area is 93.4 Å². The van der Waals surface area contributed by atoms with Crippen LogP contribution in [0.25, 0.3) is 0 Å². The van der Waals surface area contributed by atoms with Crippen molar-refractivity contribution in [1.82, 2.24) is 0 Å². The van der Waals surface area contributed by atoms with Crippen LogP contribution in [0.2, 0.25) is 0 Å². The Morgan fingerprint density at radius 3 is 2.53 bits per heavy atom. The van der Waals surface area contributed by atoms with Gasteiger partial charge in [0.2, 0.25) is 11.5 Å². The van der Waals surface area contributed by atoms with Crippen LogP contribution in [0.4, 0.5) is 0 Å². The molecule has 0 heterocycles. The Hall–Kier alpha value is -1.10. The van der Waals surface area contributed by atoms with E-state index in [1.54, 1.807) is 0 Å². The minimum atomic E-state index is -0.836. The molecule has 0 bridgehead atoms. The van der Waals surface area contributed by atoms with Gasteiger partial charge in [-0.2, -0.15) is 0 Å². The predicted molar refractivity (Wildman–Crippen MR) is 56.0 cm³/mol. The SMILES string of the molecule is CCCCON=C(C(=O)CCl)C(=O)OC. The highest BCUT2D eigenvalue weighted by Gasteiger charge is 2.21. The van der Waals surface area contributed by atoms with E-state index in [4.69, 9.17) is 16.4 Å². The monoisotopic (exact) mass is 235 g/mol. The van der Waals surface area contributed by atoms with Crippen molar-refractivity contribution in [3.05, 3.63) is 0 Å². The largest absolute Gasteiger partial charge is 0.464 e. The van der Waals surface area contributed by atoms with Crippen LogP contribution < -0.4 is 0 Å². The molecule has 5 nitrogen and oxygen atoms in total. The molecule has 0 unspecified atom stereocenters. The Morgan fingerprint density at radius 2 is 2.07 bits per heavy atom. The summed E-state index contributed by atoms with van der Waals surface area (Å²) in [5.41, 5.74) is -0.399. The summed E-state index contributed by atoms with van der Waals surface area (Å²) in [7, 11) is 1.16. The summed E-state index contributed by atoms with van der Waals surface area (Å²) in [6, 6.07) is 0. The second-order valence-corrected chi connectivity index (χ2v) is 2.94. The Bertz CT molecular complexity index is 234. The molecule has 0 aromatic carbocycles. The molecule has 86 valence electrons. The van der Waals surface area contributed by atoms with Crippen molar-refractivity contribution in [2.75, 3.05) is 19.6 Å². The number of ether oxygens (including phenoxy) is 1. The zero-order valence-electron chi connectivity index (χ0n) is 8.79. The molecule has 0 aliphatic heterocycles. The number of oxime groups is 1. The number of carbonyl (C=O) groups is 2. The zero-order chi connectivity index (χ0) is 11.7. The average molecular weight is 236 g/mol. The molecule has 0 radical (unpaired) electrons. The minimum absolute atomic E-state index is 0.328. The summed E-state index contributed by atoms with van der Waals surface area (Å²) in [6.45, 7) is 2.34. The van der Waals surface area contributed by atoms with E-state index in [-0.39, 0.29) is 5.88 Å². The van der Waals surface area contributed by atoms with Crippen LogP contribution in [0.5, 0.6) is 0 Å². The van der Waals surface area contributed by atoms with Crippen LogP contribution in [-0.2, 0) is 19.2 Å². The third-order valence-electron chi connectivity index (χ3n) is 1.51. The molecule has 0 amide bonds. The highest BCUT2D eigenvalue weighted by atomic mass is 35.5. The van der Waals surface area contributed by atoms with Gasteiger partial charge < -0.3 is 9.57 Å². The normalized spacial score (nSPS) is 11.0. The molecule has 0 aliphatic rings. The lowest BCUT2D eigenvalue weighted by Gasteiger charge is -2.01. The molecule has 0 aromatic heterocycles. The first kappa shape index (κ1) is 13.9. The topological polar surface area (TPSA) is 65.0 Å². The van der Waals surface area contributed by atoms with Gasteiger partial charge >= 0.3 is 5.97 Å². The van der Waals surface area contributed by atoms with Gasteiger partial charge in [0.05, 0.1) is 13.0 Å². The summed E-state index contributed by atoms with van der Waals surface area (Å²) < 4.78 is 4.36. The highest BCUT2D eigenvalue weighted by Crippen LogP contribution is 1.94. The smallest absolute Gasteiger partial charge is 0.363 e. The van der Waals surface area contributed by atoms with Crippen LogP contribution >= 0.6 is 11.6 Å². The average Bonchev–Trinajstić information content (AvgIpc) is 2.27. The van der Waals surface area contributed by atoms with Crippen molar-refractivity contribution >= 4 is 29.1 Å². The van der Waals surface area contributed by atoms with Gasteiger partial charge in [-0.15, -0.1) is 11.6 Å². The second-order valence-electron chi connectivity index (χ2n) is 2.68. The molecule has 0 fully saturated rings. The number of ketones is 1. The number of esters is 1. The Balaban J connectivity index is 4.35. The molecule has 0 rings (SSSR count). The molecular formula is C9H14ClNO4. The van der Waals surface area contributed by atoms with Gasteiger partial charge in [0.15, 0.2) is 0 Å². The number of unbranched alkanes of at least 4 members (excludes halogenated alkanes) is 1. The van der Waals surface area contributed by atoms with Crippen molar-refractivity contribution < 1.29 is 19.2 Å². The number of hydrogen-bond acceptors (Lipinski definition) is 5. The molecule has 0 saturated carbocycles. The first-order valence-corrected chi connectivity index (χ1v) is 5.08. The molecule has 0 saturated heterocycles. The maximum atomic E-state index is 11.1. The van der Waals surface area contributed by atoms with Crippen LogP contribution in [0.1, 0.15) is 19.8 Å². The summed E-state index contributed by atoms with van der Waals surface area (Å²) in [4.78, 5) is 27.0. The lowest BCUT2D eigenvalue weighted by Crippen LogP contribution is -2.26. The lowest BCUT2D eigenvalue weighted by atomic mass is 10.3. The van der Waals surface area contributed by atoms with Crippen LogP contribution in [-0.4, -0.2) is 37.1 Å². The molecular weight excluding hydrogens is 222 g/mol. The van der Waals surface area contributed by atoms with Crippen molar-refractivity contribution in [1.29, 1.82) is 0 Å². The quantitative estimate of drug-likeness (QED) is 0.166. The van der Waals surface area contributed by atoms with E-state index in [0.717, 1.165) is 20.0 Å². The number of methoxy groups -OCH3 is 1. The Kier molecular flexibility index (Phi) is 7.62. The van der Waals surface area contributed by atoms with Gasteiger partial charge in [0.1, 0.15) is 6.61 Å². The summed E-state index contributed by atoms with van der Waals surface area (Å²) in [5.74, 6) is -1.78. The van der Waals surface area contributed by atoms with Crippen molar-refractivity contribution in [3.63, 3.8) is 0 Å². The minimum Gasteiger partial charge on any atom is -0.464 e. The first-order valence-electron chi connectivity index (χ1n) is 4.54. The molecule has 0 N–H and O–H groups in total. The van der Waals surface area contributed by atoms with E-state index in [1.807, 2.05) is 6.92 Å². The standard InChI is InChI=1S/C9H14ClNO4/c1-3-4-5-15-11-8(7(12)6-10)9(13)14-2/h3-6H2,1-2H3. The fraction of sp³-hybridized carbons (Fsp3) is 0.667. The van der Waals surface area contributed by atoms with E-state index >= 15 is 0 Å². The number of rotatable bonds is 7. The molecule has 0 spiro atoms. The maximum absolute atomic E-state index is 11.1. The van der Waals surface area contributed by atoms with Crippen molar-refractivity contribution in [2.45, 2.75) is 19.8 Å². The number of alkyl halides is 1. The van der Waals surface area contributed by atoms with E-state index < -0.39 is 17.5 Å². The van der Waals surface area contributed by atoms with E-state index in [1.165, 1.54) is 0 Å². The Morgan fingerprint density at radius 1 is 1.40 bits per heavy atom. The van der Waals surface area contributed by atoms with Crippen LogP contribution in [0, 0.1) is 0 Å². The van der Waals surface area contributed by atoms with Gasteiger partial charge in [0.25, 0.3) is 0 Å². The predicted octanol–water partition coefficient (Wildman–Crippen LogP) is 1.14. The van der Waals surface area contributed by atoms with Gasteiger partial charge in [-0.3, -0.25) is 4.79 Å².